The van der Waals surface area contributed by atoms with Gasteiger partial charge in [-0.2, -0.15) is 18.2 Å². The maximum atomic E-state index is 13.0. The molecule has 7 N–H and O–H groups in total. The standard InChI is InChI=1S/C25H24ClF3N8O3S/c1-13(30)23(38)35-19-7-4-15(10-17(19)26)18-8-9-20-21(34-18)22(33-12-25(27,28)29)37-24(36-20)32-11-14-2-5-16(6-3-14)41(31,39)40/h2-10,13H,11-12,30H2,1H3,(H,35,38)(H2,31,39,40)(H2,32,33,36,37). The van der Waals surface area contributed by atoms with Crippen LogP contribution in [-0.4, -0.2) is 48.0 Å². The number of anilines is 3. The molecule has 0 saturated carbocycles. The lowest BCUT2D eigenvalue weighted by Crippen LogP contribution is -2.32. The first-order valence-corrected chi connectivity index (χ1v) is 13.8. The number of carbonyl (C=O) groups is 1. The summed E-state index contributed by atoms with van der Waals surface area (Å²) >= 11 is 6.32. The largest absolute Gasteiger partial charge is 0.405 e. The van der Waals surface area contributed by atoms with Crippen LogP contribution in [0.1, 0.15) is 12.5 Å². The molecule has 0 fully saturated rings. The number of rotatable bonds is 9. The van der Waals surface area contributed by atoms with Gasteiger partial charge in [0.1, 0.15) is 12.1 Å². The van der Waals surface area contributed by atoms with E-state index in [1.54, 1.807) is 30.3 Å². The van der Waals surface area contributed by atoms with Crippen LogP contribution in [0.25, 0.3) is 22.3 Å². The van der Waals surface area contributed by atoms with E-state index in [0.717, 1.165) is 0 Å². The molecule has 0 radical (unpaired) electrons. The molecule has 16 heteroatoms. The number of halogens is 4. The summed E-state index contributed by atoms with van der Waals surface area (Å²) in [4.78, 5) is 24.9. The Morgan fingerprint density at radius 1 is 1.02 bits per heavy atom. The average Bonchev–Trinajstić information content (AvgIpc) is 2.90. The quantitative estimate of drug-likeness (QED) is 0.189. The molecule has 0 spiro atoms. The van der Waals surface area contributed by atoms with E-state index in [4.69, 9.17) is 22.5 Å². The fraction of sp³-hybridized carbons (Fsp3) is 0.200. The number of hydrogen-bond donors (Lipinski definition) is 5. The van der Waals surface area contributed by atoms with E-state index >= 15 is 0 Å². The molecule has 1 unspecified atom stereocenters. The summed E-state index contributed by atoms with van der Waals surface area (Å²) in [6.07, 6.45) is -4.53. The molecule has 11 nitrogen and oxygen atoms in total. The smallest absolute Gasteiger partial charge is 0.359 e. The summed E-state index contributed by atoms with van der Waals surface area (Å²) in [6, 6.07) is 12.9. The molecule has 2 aromatic carbocycles. The molecule has 0 aliphatic carbocycles. The molecule has 216 valence electrons. The Balaban J connectivity index is 1.64. The first-order chi connectivity index (χ1) is 19.2. The van der Waals surface area contributed by atoms with Crippen molar-refractivity contribution in [1.29, 1.82) is 0 Å². The SMILES string of the molecule is CC(N)C(=O)Nc1ccc(-c2ccc3nc(NCc4ccc(S(N)(=O)=O)cc4)nc(NCC(F)(F)F)c3n2)cc1Cl. The first kappa shape index (κ1) is 29.9. The molecule has 4 rings (SSSR count). The Morgan fingerprint density at radius 2 is 1.73 bits per heavy atom. The highest BCUT2D eigenvalue weighted by atomic mass is 35.5. The van der Waals surface area contributed by atoms with Crippen LogP contribution < -0.4 is 26.8 Å². The minimum absolute atomic E-state index is 0.0181. The van der Waals surface area contributed by atoms with Gasteiger partial charge in [0.25, 0.3) is 0 Å². The molecule has 2 aromatic heterocycles. The summed E-state index contributed by atoms with van der Waals surface area (Å²) in [5.41, 5.74) is 7.80. The lowest BCUT2D eigenvalue weighted by Gasteiger charge is -2.14. The van der Waals surface area contributed by atoms with E-state index in [-0.39, 0.29) is 39.3 Å². The summed E-state index contributed by atoms with van der Waals surface area (Å²) in [5, 5.41) is 13.1. The number of nitrogens with one attached hydrogen (secondary N) is 3. The monoisotopic (exact) mass is 608 g/mol. The van der Waals surface area contributed by atoms with E-state index < -0.39 is 34.7 Å². The van der Waals surface area contributed by atoms with Gasteiger partial charge in [0, 0.05) is 12.1 Å². The van der Waals surface area contributed by atoms with Crippen LogP contribution in [0, 0.1) is 0 Å². The van der Waals surface area contributed by atoms with Crippen molar-refractivity contribution in [2.45, 2.75) is 30.6 Å². The number of alkyl halides is 3. The van der Waals surface area contributed by atoms with E-state index in [1.807, 2.05) is 0 Å². The third-order valence-electron chi connectivity index (χ3n) is 5.64. The number of nitrogens with zero attached hydrogens (tertiary/aromatic N) is 3. The van der Waals surface area contributed by atoms with Crippen LogP contribution >= 0.6 is 11.6 Å². The molecule has 1 amide bonds. The molecule has 41 heavy (non-hydrogen) atoms. The second-order valence-corrected chi connectivity index (χ2v) is 10.9. The van der Waals surface area contributed by atoms with Crippen LogP contribution in [0.15, 0.2) is 59.5 Å². The zero-order chi connectivity index (χ0) is 29.9. The fourth-order valence-corrected chi connectivity index (χ4v) is 4.30. The minimum atomic E-state index is -4.53. The molecule has 2 heterocycles. The number of hydrogen-bond acceptors (Lipinski definition) is 9. The van der Waals surface area contributed by atoms with Crippen LogP contribution in [-0.2, 0) is 21.4 Å². The number of pyridine rings is 1. The fourth-order valence-electron chi connectivity index (χ4n) is 3.56. The maximum absolute atomic E-state index is 13.0. The minimum Gasteiger partial charge on any atom is -0.359 e. The molecular formula is C25H24ClF3N8O3S. The van der Waals surface area contributed by atoms with Crippen molar-refractivity contribution >= 4 is 56.0 Å². The van der Waals surface area contributed by atoms with Gasteiger partial charge in [-0.25, -0.2) is 23.5 Å². The lowest BCUT2D eigenvalue weighted by molar-refractivity contribution is -0.117. The predicted octanol–water partition coefficient (Wildman–Crippen LogP) is 3.86. The molecular weight excluding hydrogens is 585 g/mol. The number of aromatic nitrogens is 3. The van der Waals surface area contributed by atoms with Gasteiger partial charge in [-0.3, -0.25) is 4.79 Å². The van der Waals surface area contributed by atoms with E-state index in [1.165, 1.54) is 31.2 Å². The zero-order valence-electron chi connectivity index (χ0n) is 21.3. The van der Waals surface area contributed by atoms with Crippen molar-refractivity contribution in [2.75, 3.05) is 22.5 Å². The number of fused-ring (bicyclic) bond motifs is 1. The van der Waals surface area contributed by atoms with E-state index in [9.17, 15) is 26.4 Å². The van der Waals surface area contributed by atoms with Gasteiger partial charge in [0.05, 0.1) is 32.9 Å². The average molecular weight is 609 g/mol. The summed E-state index contributed by atoms with van der Waals surface area (Å²) < 4.78 is 62.0. The van der Waals surface area contributed by atoms with Crippen LogP contribution in [0.5, 0.6) is 0 Å². The van der Waals surface area contributed by atoms with Gasteiger partial charge in [-0.1, -0.05) is 29.8 Å². The van der Waals surface area contributed by atoms with Gasteiger partial charge in [-0.15, -0.1) is 0 Å². The topological polar surface area (TPSA) is 178 Å². The second-order valence-electron chi connectivity index (χ2n) is 8.94. The third-order valence-corrected chi connectivity index (χ3v) is 6.88. The molecule has 0 bridgehead atoms. The van der Waals surface area contributed by atoms with Crippen molar-refractivity contribution in [3.63, 3.8) is 0 Å². The molecule has 4 aromatic rings. The lowest BCUT2D eigenvalue weighted by atomic mass is 10.1. The van der Waals surface area contributed by atoms with Gasteiger partial charge >= 0.3 is 6.18 Å². The van der Waals surface area contributed by atoms with Crippen molar-refractivity contribution in [1.82, 2.24) is 15.0 Å². The maximum Gasteiger partial charge on any atom is 0.405 e. The number of carbonyl (C=O) groups excluding carboxylic acids is 1. The number of nitrogens with two attached hydrogens (primary N) is 2. The third kappa shape index (κ3) is 7.79. The van der Waals surface area contributed by atoms with Crippen molar-refractivity contribution in [2.24, 2.45) is 10.9 Å². The molecule has 1 atom stereocenters. The summed E-state index contributed by atoms with van der Waals surface area (Å²) in [7, 11) is -3.85. The normalized spacial score (nSPS) is 12.7. The Hall–Kier alpha value is -4.05. The van der Waals surface area contributed by atoms with Crippen molar-refractivity contribution in [3.05, 3.63) is 65.2 Å². The van der Waals surface area contributed by atoms with Gasteiger partial charge in [-0.05, 0) is 48.9 Å². The van der Waals surface area contributed by atoms with Crippen LogP contribution in [0.4, 0.5) is 30.6 Å². The number of benzene rings is 2. The first-order valence-electron chi connectivity index (χ1n) is 11.9. The highest BCUT2D eigenvalue weighted by Gasteiger charge is 2.27. The van der Waals surface area contributed by atoms with E-state index in [0.29, 0.717) is 22.5 Å². The predicted molar refractivity (Wildman–Crippen MR) is 150 cm³/mol. The summed E-state index contributed by atoms with van der Waals surface area (Å²) in [5.74, 6) is -0.566. The number of sulfonamides is 1. The van der Waals surface area contributed by atoms with E-state index in [2.05, 4.69) is 30.9 Å². The Morgan fingerprint density at radius 3 is 2.34 bits per heavy atom. The molecule has 0 aliphatic rings. The van der Waals surface area contributed by atoms with Crippen LogP contribution in [0.3, 0.4) is 0 Å². The zero-order valence-corrected chi connectivity index (χ0v) is 22.9. The number of primary sulfonamides is 1. The van der Waals surface area contributed by atoms with Gasteiger partial charge in [0.2, 0.25) is 21.9 Å². The Bertz CT molecular complexity index is 1700. The van der Waals surface area contributed by atoms with Crippen molar-refractivity contribution in [3.8, 4) is 11.3 Å². The van der Waals surface area contributed by atoms with Crippen molar-refractivity contribution < 1.29 is 26.4 Å². The highest BCUT2D eigenvalue weighted by Crippen LogP contribution is 2.31. The highest BCUT2D eigenvalue weighted by molar-refractivity contribution is 7.89. The van der Waals surface area contributed by atoms with Crippen LogP contribution in [0.2, 0.25) is 5.02 Å². The second kappa shape index (κ2) is 11.8. The number of amides is 1. The Kier molecular flexibility index (Phi) is 8.63. The molecule has 0 saturated heterocycles. The van der Waals surface area contributed by atoms with Gasteiger partial charge < -0.3 is 21.7 Å². The summed E-state index contributed by atoms with van der Waals surface area (Å²) in [6.45, 7) is 0.308. The van der Waals surface area contributed by atoms with Gasteiger partial charge in [0.15, 0.2) is 5.82 Å². The molecule has 0 aliphatic heterocycles. The Labute approximate surface area is 237 Å².